The van der Waals surface area contributed by atoms with E-state index in [9.17, 15) is 4.79 Å². The molecule has 0 amide bonds. The topological polar surface area (TPSA) is 26.3 Å². The van der Waals surface area contributed by atoms with E-state index in [1.807, 2.05) is 6.08 Å². The van der Waals surface area contributed by atoms with Gasteiger partial charge in [0.2, 0.25) is 0 Å². The molecular weight excluding hydrogens is 116 g/mol. The molecule has 1 aliphatic rings. The Kier molecular flexibility index (Phi) is 1.88. The van der Waals surface area contributed by atoms with Crippen LogP contribution in [0.25, 0.3) is 0 Å². The molecule has 0 radical (unpaired) electrons. The van der Waals surface area contributed by atoms with Gasteiger partial charge >= 0.3 is 0 Å². The van der Waals surface area contributed by atoms with Gasteiger partial charge in [-0.3, -0.25) is 4.79 Å². The van der Waals surface area contributed by atoms with Crippen molar-refractivity contribution in [3.63, 3.8) is 0 Å². The zero-order chi connectivity index (χ0) is 6.69. The number of carbonyl (C=O) groups excluding carboxylic acids is 1. The van der Waals surface area contributed by atoms with Crippen molar-refractivity contribution >= 4 is 5.78 Å². The van der Waals surface area contributed by atoms with Crippen LogP contribution < -0.4 is 0 Å². The minimum atomic E-state index is -0.171. The van der Waals surface area contributed by atoms with Crippen molar-refractivity contribution in [2.45, 2.75) is 25.9 Å². The van der Waals surface area contributed by atoms with Crippen LogP contribution in [0.15, 0.2) is 12.3 Å². The summed E-state index contributed by atoms with van der Waals surface area (Å²) < 4.78 is 5.01. The predicted octanol–water partition coefficient (Wildman–Crippen LogP) is 1.27. The van der Waals surface area contributed by atoms with Gasteiger partial charge in [0.05, 0.1) is 6.26 Å². The molecule has 0 aliphatic carbocycles. The van der Waals surface area contributed by atoms with Crippen molar-refractivity contribution in [2.75, 3.05) is 0 Å². The Morgan fingerprint density at radius 2 is 2.56 bits per heavy atom. The van der Waals surface area contributed by atoms with Crippen LogP contribution in [0.4, 0.5) is 0 Å². The smallest absolute Gasteiger partial charge is 0.170 e. The molecule has 0 spiro atoms. The molecule has 0 aromatic carbocycles. The number of ketones is 1. The molecule has 0 N–H and O–H groups in total. The Morgan fingerprint density at radius 3 is 2.89 bits per heavy atom. The van der Waals surface area contributed by atoms with E-state index in [-0.39, 0.29) is 11.9 Å². The number of hydrogen-bond donors (Lipinski definition) is 0. The van der Waals surface area contributed by atoms with Crippen LogP contribution in [-0.4, -0.2) is 11.9 Å². The van der Waals surface area contributed by atoms with E-state index in [4.69, 9.17) is 4.74 Å². The highest BCUT2D eigenvalue weighted by molar-refractivity contribution is 5.80. The third-order valence-corrected chi connectivity index (χ3v) is 1.39. The first-order valence-corrected chi connectivity index (χ1v) is 3.11. The van der Waals surface area contributed by atoms with Crippen molar-refractivity contribution in [3.8, 4) is 0 Å². The van der Waals surface area contributed by atoms with Gasteiger partial charge in [0.1, 0.15) is 0 Å². The lowest BCUT2D eigenvalue weighted by Gasteiger charge is -2.15. The van der Waals surface area contributed by atoms with Gasteiger partial charge in [0.15, 0.2) is 11.9 Å². The number of ether oxygens (including phenoxy) is 1. The molecule has 50 valence electrons. The lowest BCUT2D eigenvalue weighted by atomic mass is 10.1. The maximum absolute atomic E-state index is 10.6. The molecule has 9 heavy (non-hydrogen) atoms. The van der Waals surface area contributed by atoms with Gasteiger partial charge < -0.3 is 4.74 Å². The molecule has 2 nitrogen and oxygen atoms in total. The van der Waals surface area contributed by atoms with E-state index in [1.165, 1.54) is 0 Å². The van der Waals surface area contributed by atoms with Gasteiger partial charge in [-0.1, -0.05) is 0 Å². The molecule has 0 saturated heterocycles. The van der Waals surface area contributed by atoms with E-state index in [0.29, 0.717) is 0 Å². The van der Waals surface area contributed by atoms with E-state index in [2.05, 4.69) is 0 Å². The normalized spacial score (nSPS) is 25.2. The summed E-state index contributed by atoms with van der Waals surface area (Å²) in [5.74, 6) is 0.124. The maximum atomic E-state index is 10.6. The van der Waals surface area contributed by atoms with Gasteiger partial charge in [-0.05, 0) is 25.8 Å². The molecule has 1 aliphatic heterocycles. The summed E-state index contributed by atoms with van der Waals surface area (Å²) in [6.45, 7) is 1.56. The van der Waals surface area contributed by atoms with Crippen LogP contribution in [0.3, 0.4) is 0 Å². The molecule has 1 heterocycles. The summed E-state index contributed by atoms with van der Waals surface area (Å²) in [5, 5.41) is 0. The average molecular weight is 126 g/mol. The summed E-state index contributed by atoms with van der Waals surface area (Å²) >= 11 is 0. The molecule has 0 unspecified atom stereocenters. The summed E-state index contributed by atoms with van der Waals surface area (Å²) in [5.41, 5.74) is 0. The Bertz CT molecular complexity index is 138. The largest absolute Gasteiger partial charge is 0.491 e. The van der Waals surface area contributed by atoms with Crippen molar-refractivity contribution in [2.24, 2.45) is 0 Å². The zero-order valence-corrected chi connectivity index (χ0v) is 5.46. The van der Waals surface area contributed by atoms with E-state index in [0.717, 1.165) is 12.8 Å². The molecule has 1 rings (SSSR count). The van der Waals surface area contributed by atoms with Crippen LogP contribution in [0.1, 0.15) is 19.8 Å². The van der Waals surface area contributed by atoms with Crippen molar-refractivity contribution in [1.29, 1.82) is 0 Å². The summed E-state index contributed by atoms with van der Waals surface area (Å²) in [6, 6.07) is 0. The molecule has 0 aromatic heterocycles. The quantitative estimate of drug-likeness (QED) is 0.528. The predicted molar refractivity (Wildman–Crippen MR) is 33.9 cm³/mol. The first kappa shape index (κ1) is 6.33. The van der Waals surface area contributed by atoms with Gasteiger partial charge in [-0.15, -0.1) is 0 Å². The number of allylic oxidation sites excluding steroid dienone is 1. The standard InChI is InChI=1S/C7H10O2/c1-6(8)7-4-2-3-5-9-7/h3,5,7H,2,4H2,1H3/t7-/m1/s1. The molecule has 0 aromatic rings. The van der Waals surface area contributed by atoms with Crippen molar-refractivity contribution in [3.05, 3.63) is 12.3 Å². The van der Waals surface area contributed by atoms with Crippen molar-refractivity contribution in [1.82, 2.24) is 0 Å². The van der Waals surface area contributed by atoms with Crippen LogP contribution in [0, 0.1) is 0 Å². The van der Waals surface area contributed by atoms with Crippen LogP contribution >= 0.6 is 0 Å². The minimum absolute atomic E-state index is 0.124. The fourth-order valence-corrected chi connectivity index (χ4v) is 0.833. The summed E-state index contributed by atoms with van der Waals surface area (Å²) in [7, 11) is 0. The average Bonchev–Trinajstić information content (AvgIpc) is 1.90. The molecule has 0 fully saturated rings. The lowest BCUT2D eigenvalue weighted by Crippen LogP contribution is -2.20. The molecule has 0 saturated carbocycles. The van der Waals surface area contributed by atoms with Gasteiger partial charge in [0.25, 0.3) is 0 Å². The fraction of sp³-hybridized carbons (Fsp3) is 0.571. The SMILES string of the molecule is CC(=O)[C@H]1CCC=CO1. The van der Waals surface area contributed by atoms with E-state index in [1.54, 1.807) is 13.2 Å². The minimum Gasteiger partial charge on any atom is -0.491 e. The van der Waals surface area contributed by atoms with Crippen LogP contribution in [-0.2, 0) is 9.53 Å². The molecule has 0 bridgehead atoms. The Morgan fingerprint density at radius 1 is 1.78 bits per heavy atom. The van der Waals surface area contributed by atoms with Gasteiger partial charge in [-0.25, -0.2) is 0 Å². The highest BCUT2D eigenvalue weighted by Crippen LogP contribution is 2.10. The Balaban J connectivity index is 2.44. The number of Topliss-reactive ketones (excluding diaryl/α,β-unsaturated/α-hetero) is 1. The third kappa shape index (κ3) is 1.56. The summed E-state index contributed by atoms with van der Waals surface area (Å²) in [6.07, 6.45) is 5.17. The van der Waals surface area contributed by atoms with Gasteiger partial charge in [0, 0.05) is 0 Å². The molecular formula is C7H10O2. The second-order valence-electron chi connectivity index (χ2n) is 2.18. The first-order valence-electron chi connectivity index (χ1n) is 3.11. The van der Waals surface area contributed by atoms with Crippen LogP contribution in [0.5, 0.6) is 0 Å². The Labute approximate surface area is 54.5 Å². The second-order valence-corrected chi connectivity index (χ2v) is 2.18. The van der Waals surface area contributed by atoms with E-state index >= 15 is 0 Å². The fourth-order valence-electron chi connectivity index (χ4n) is 0.833. The summed E-state index contributed by atoms with van der Waals surface area (Å²) in [4.78, 5) is 10.6. The van der Waals surface area contributed by atoms with Gasteiger partial charge in [-0.2, -0.15) is 0 Å². The molecule has 2 heteroatoms. The van der Waals surface area contributed by atoms with Crippen LogP contribution in [0.2, 0.25) is 0 Å². The first-order chi connectivity index (χ1) is 4.30. The monoisotopic (exact) mass is 126 g/mol. The third-order valence-electron chi connectivity index (χ3n) is 1.39. The van der Waals surface area contributed by atoms with E-state index < -0.39 is 0 Å². The number of carbonyl (C=O) groups is 1. The Hall–Kier alpha value is -0.790. The number of rotatable bonds is 1. The van der Waals surface area contributed by atoms with Crippen molar-refractivity contribution < 1.29 is 9.53 Å². The number of hydrogen-bond acceptors (Lipinski definition) is 2. The second kappa shape index (κ2) is 2.67. The maximum Gasteiger partial charge on any atom is 0.170 e. The highest BCUT2D eigenvalue weighted by Gasteiger charge is 2.14. The zero-order valence-electron chi connectivity index (χ0n) is 5.46. The lowest BCUT2D eigenvalue weighted by molar-refractivity contribution is -0.125. The highest BCUT2D eigenvalue weighted by atomic mass is 16.5. The molecule has 1 atom stereocenters.